The first-order valence-electron chi connectivity index (χ1n) is 7.04. The standard InChI is InChI=1S/C16H12N4O4/c21-15(16(22)19-8-10-3-1-2-6-17-10)13-9-18-14-5-4-11(20(23)24)7-12(13)14/h1-7,9,18H,8H2,(H,19,22). The van der Waals surface area contributed by atoms with E-state index in [9.17, 15) is 19.7 Å². The number of fused-ring (bicyclic) bond motifs is 1. The van der Waals surface area contributed by atoms with Gasteiger partial charge < -0.3 is 10.3 Å². The van der Waals surface area contributed by atoms with Crippen LogP contribution in [0.1, 0.15) is 16.1 Å². The monoisotopic (exact) mass is 324 g/mol. The number of aromatic amines is 1. The van der Waals surface area contributed by atoms with Crippen LogP contribution in [0, 0.1) is 10.1 Å². The number of hydrogen-bond donors (Lipinski definition) is 2. The number of non-ortho nitro benzene ring substituents is 1. The van der Waals surface area contributed by atoms with E-state index in [1.807, 2.05) is 0 Å². The molecule has 24 heavy (non-hydrogen) atoms. The van der Waals surface area contributed by atoms with Crippen molar-refractivity contribution < 1.29 is 14.5 Å². The molecule has 2 N–H and O–H groups in total. The van der Waals surface area contributed by atoms with Crippen LogP contribution in [0.15, 0.2) is 48.8 Å². The fraction of sp³-hybridized carbons (Fsp3) is 0.0625. The highest BCUT2D eigenvalue weighted by atomic mass is 16.6. The molecule has 0 radical (unpaired) electrons. The highest BCUT2D eigenvalue weighted by molar-refractivity contribution is 6.44. The van der Waals surface area contributed by atoms with Crippen molar-refractivity contribution in [3.63, 3.8) is 0 Å². The first kappa shape index (κ1) is 15.3. The predicted octanol–water partition coefficient (Wildman–Crippen LogP) is 1.97. The molecular weight excluding hydrogens is 312 g/mol. The van der Waals surface area contributed by atoms with Crippen molar-refractivity contribution in [2.24, 2.45) is 0 Å². The SMILES string of the molecule is O=C(NCc1ccccn1)C(=O)c1c[nH]c2ccc([N+](=O)[O-])cc12. The number of carbonyl (C=O) groups excluding carboxylic acids is 2. The maximum absolute atomic E-state index is 12.3. The van der Waals surface area contributed by atoms with E-state index in [-0.39, 0.29) is 17.8 Å². The number of rotatable bonds is 5. The Labute approximate surface area is 135 Å². The minimum absolute atomic E-state index is 0.0900. The van der Waals surface area contributed by atoms with Crippen molar-refractivity contribution in [1.82, 2.24) is 15.3 Å². The molecule has 0 fully saturated rings. The summed E-state index contributed by atoms with van der Waals surface area (Å²) in [6, 6.07) is 9.33. The molecular formula is C16H12N4O4. The van der Waals surface area contributed by atoms with Gasteiger partial charge in [0.25, 0.3) is 17.4 Å². The second kappa shape index (κ2) is 6.29. The van der Waals surface area contributed by atoms with Crippen LogP contribution < -0.4 is 5.32 Å². The number of Topliss-reactive ketones (excluding diaryl/α,β-unsaturated/α-hetero) is 1. The maximum Gasteiger partial charge on any atom is 0.292 e. The molecule has 0 spiro atoms. The van der Waals surface area contributed by atoms with Gasteiger partial charge in [-0.2, -0.15) is 0 Å². The van der Waals surface area contributed by atoms with E-state index in [4.69, 9.17) is 0 Å². The van der Waals surface area contributed by atoms with Crippen molar-refractivity contribution in [3.05, 3.63) is 70.2 Å². The van der Waals surface area contributed by atoms with Crippen LogP contribution in [-0.2, 0) is 11.3 Å². The number of nitro benzene ring substituents is 1. The molecule has 0 saturated carbocycles. The number of nitrogens with one attached hydrogen (secondary N) is 2. The van der Waals surface area contributed by atoms with E-state index in [1.165, 1.54) is 24.4 Å². The van der Waals surface area contributed by atoms with E-state index in [1.54, 1.807) is 24.4 Å². The molecule has 0 bridgehead atoms. The van der Waals surface area contributed by atoms with Gasteiger partial charge in [-0.05, 0) is 18.2 Å². The van der Waals surface area contributed by atoms with Crippen LogP contribution in [0.4, 0.5) is 5.69 Å². The lowest BCUT2D eigenvalue weighted by Gasteiger charge is -2.03. The highest BCUT2D eigenvalue weighted by Crippen LogP contribution is 2.24. The number of hydrogen-bond acceptors (Lipinski definition) is 5. The zero-order valence-electron chi connectivity index (χ0n) is 12.4. The zero-order valence-corrected chi connectivity index (χ0v) is 12.4. The normalized spacial score (nSPS) is 10.5. The van der Waals surface area contributed by atoms with Gasteiger partial charge in [0.05, 0.1) is 22.7 Å². The molecule has 0 atom stereocenters. The second-order valence-electron chi connectivity index (χ2n) is 5.02. The van der Waals surface area contributed by atoms with Gasteiger partial charge in [0, 0.05) is 35.4 Å². The van der Waals surface area contributed by atoms with E-state index in [2.05, 4.69) is 15.3 Å². The Hall–Kier alpha value is -3.55. The Morgan fingerprint density at radius 1 is 1.25 bits per heavy atom. The summed E-state index contributed by atoms with van der Waals surface area (Å²) in [5.41, 5.74) is 1.10. The minimum atomic E-state index is -0.798. The maximum atomic E-state index is 12.3. The molecule has 0 aliphatic heterocycles. The lowest BCUT2D eigenvalue weighted by Crippen LogP contribution is -2.30. The third-order valence-corrected chi connectivity index (χ3v) is 3.48. The molecule has 120 valence electrons. The smallest absolute Gasteiger partial charge is 0.292 e. The van der Waals surface area contributed by atoms with E-state index in [0.717, 1.165) is 0 Å². The number of H-pyrrole nitrogens is 1. The Morgan fingerprint density at radius 2 is 2.08 bits per heavy atom. The number of benzene rings is 1. The Morgan fingerprint density at radius 3 is 2.79 bits per heavy atom. The number of carbonyl (C=O) groups is 2. The van der Waals surface area contributed by atoms with Gasteiger partial charge in [-0.3, -0.25) is 24.7 Å². The molecule has 0 aliphatic rings. The average Bonchev–Trinajstić information content (AvgIpc) is 3.03. The second-order valence-corrected chi connectivity index (χ2v) is 5.02. The summed E-state index contributed by atoms with van der Waals surface area (Å²) in [5.74, 6) is -1.56. The summed E-state index contributed by atoms with van der Waals surface area (Å²) in [4.78, 5) is 41.5. The highest BCUT2D eigenvalue weighted by Gasteiger charge is 2.21. The van der Waals surface area contributed by atoms with Crippen LogP contribution in [0.3, 0.4) is 0 Å². The number of pyridine rings is 1. The Bertz CT molecular complexity index is 934. The van der Waals surface area contributed by atoms with Crippen molar-refractivity contribution in [3.8, 4) is 0 Å². The van der Waals surface area contributed by atoms with Crippen molar-refractivity contribution in [2.75, 3.05) is 0 Å². The van der Waals surface area contributed by atoms with Gasteiger partial charge in [0.2, 0.25) is 0 Å². The molecule has 8 nitrogen and oxygen atoms in total. The fourth-order valence-corrected chi connectivity index (χ4v) is 2.29. The van der Waals surface area contributed by atoms with Gasteiger partial charge in [-0.15, -0.1) is 0 Å². The number of ketones is 1. The van der Waals surface area contributed by atoms with E-state index in [0.29, 0.717) is 16.6 Å². The molecule has 2 heterocycles. The number of nitrogens with zero attached hydrogens (tertiary/aromatic N) is 2. The Kier molecular flexibility index (Phi) is 4.02. The van der Waals surface area contributed by atoms with Gasteiger partial charge in [0.1, 0.15) is 0 Å². The third-order valence-electron chi connectivity index (χ3n) is 3.48. The van der Waals surface area contributed by atoms with Crippen LogP contribution in [0.2, 0.25) is 0 Å². The fourth-order valence-electron chi connectivity index (χ4n) is 2.29. The topological polar surface area (TPSA) is 118 Å². The van der Waals surface area contributed by atoms with Gasteiger partial charge in [0.15, 0.2) is 0 Å². The summed E-state index contributed by atoms with van der Waals surface area (Å²) in [6.07, 6.45) is 2.96. The average molecular weight is 324 g/mol. The molecule has 3 rings (SSSR count). The largest absolute Gasteiger partial charge is 0.360 e. The summed E-state index contributed by atoms with van der Waals surface area (Å²) in [5, 5.41) is 13.7. The zero-order chi connectivity index (χ0) is 17.1. The Balaban J connectivity index is 1.81. The predicted molar refractivity (Wildman–Crippen MR) is 85.4 cm³/mol. The number of aromatic nitrogens is 2. The summed E-state index contributed by atoms with van der Waals surface area (Å²) in [7, 11) is 0. The van der Waals surface area contributed by atoms with E-state index < -0.39 is 16.6 Å². The molecule has 0 unspecified atom stereocenters. The van der Waals surface area contributed by atoms with Gasteiger partial charge >= 0.3 is 0 Å². The molecule has 3 aromatic rings. The van der Waals surface area contributed by atoms with Crippen LogP contribution >= 0.6 is 0 Å². The lowest BCUT2D eigenvalue weighted by molar-refractivity contribution is -0.384. The summed E-state index contributed by atoms with van der Waals surface area (Å²) in [6.45, 7) is 0.119. The molecule has 0 aliphatic carbocycles. The first-order valence-corrected chi connectivity index (χ1v) is 7.04. The molecule has 0 saturated heterocycles. The van der Waals surface area contributed by atoms with Crippen LogP contribution in [-0.4, -0.2) is 26.6 Å². The van der Waals surface area contributed by atoms with Crippen molar-refractivity contribution in [2.45, 2.75) is 6.54 Å². The minimum Gasteiger partial charge on any atom is -0.360 e. The lowest BCUT2D eigenvalue weighted by atomic mass is 10.1. The number of amides is 1. The quantitative estimate of drug-likeness (QED) is 0.322. The van der Waals surface area contributed by atoms with Crippen molar-refractivity contribution >= 4 is 28.3 Å². The molecule has 8 heteroatoms. The van der Waals surface area contributed by atoms with Crippen molar-refractivity contribution in [1.29, 1.82) is 0 Å². The third kappa shape index (κ3) is 2.98. The van der Waals surface area contributed by atoms with Gasteiger partial charge in [-0.1, -0.05) is 6.07 Å². The number of nitro groups is 1. The molecule has 1 amide bonds. The first-order chi connectivity index (χ1) is 11.6. The summed E-state index contributed by atoms with van der Waals surface area (Å²) >= 11 is 0. The summed E-state index contributed by atoms with van der Waals surface area (Å²) < 4.78 is 0. The molecule has 1 aromatic carbocycles. The molecule has 2 aromatic heterocycles. The van der Waals surface area contributed by atoms with Crippen LogP contribution in [0.5, 0.6) is 0 Å². The van der Waals surface area contributed by atoms with Crippen LogP contribution in [0.25, 0.3) is 10.9 Å². The van der Waals surface area contributed by atoms with E-state index >= 15 is 0 Å². The van der Waals surface area contributed by atoms with Gasteiger partial charge in [-0.25, -0.2) is 0 Å².